The molecular formula is C19H25NO3. The number of benzene rings is 1. The first-order valence-electron chi connectivity index (χ1n) is 8.46. The zero-order chi connectivity index (χ0) is 16.6. The van der Waals surface area contributed by atoms with E-state index in [1.54, 1.807) is 0 Å². The molecule has 3 rings (SSSR count). The molecule has 0 bridgehead atoms. The summed E-state index contributed by atoms with van der Waals surface area (Å²) in [4.78, 5) is 25.8. The van der Waals surface area contributed by atoms with Crippen molar-refractivity contribution in [3.05, 3.63) is 35.9 Å². The predicted octanol–water partition coefficient (Wildman–Crippen LogP) is 2.82. The normalized spacial score (nSPS) is 26.8. The molecule has 23 heavy (non-hydrogen) atoms. The van der Waals surface area contributed by atoms with Gasteiger partial charge in [-0.1, -0.05) is 44.2 Å². The molecular weight excluding hydrogens is 290 g/mol. The van der Waals surface area contributed by atoms with Crippen molar-refractivity contribution in [2.24, 2.45) is 23.2 Å². The van der Waals surface area contributed by atoms with Gasteiger partial charge in [-0.2, -0.15) is 0 Å². The van der Waals surface area contributed by atoms with E-state index in [-0.39, 0.29) is 11.8 Å². The summed E-state index contributed by atoms with van der Waals surface area (Å²) >= 11 is 0. The second-order valence-corrected chi connectivity index (χ2v) is 7.57. The molecule has 0 radical (unpaired) electrons. The second kappa shape index (κ2) is 5.99. The van der Waals surface area contributed by atoms with Gasteiger partial charge in [0.15, 0.2) is 0 Å². The lowest BCUT2D eigenvalue weighted by atomic mass is 9.90. The summed E-state index contributed by atoms with van der Waals surface area (Å²) in [6, 6.07) is 10.5. The number of hydrogen-bond donors (Lipinski definition) is 1. The van der Waals surface area contributed by atoms with Gasteiger partial charge in [-0.25, -0.2) is 0 Å². The quantitative estimate of drug-likeness (QED) is 0.929. The summed E-state index contributed by atoms with van der Waals surface area (Å²) in [6.07, 6.45) is 3.08. The van der Waals surface area contributed by atoms with E-state index in [1.807, 2.05) is 24.8 Å². The van der Waals surface area contributed by atoms with E-state index in [9.17, 15) is 14.7 Å². The molecule has 124 valence electrons. The van der Waals surface area contributed by atoms with Crippen LogP contribution < -0.4 is 0 Å². The zero-order valence-corrected chi connectivity index (χ0v) is 13.9. The summed E-state index contributed by atoms with van der Waals surface area (Å²) in [5.74, 6) is -1.04. The molecule has 2 aliphatic rings. The van der Waals surface area contributed by atoms with E-state index in [4.69, 9.17) is 0 Å². The Morgan fingerprint density at radius 1 is 1.13 bits per heavy atom. The van der Waals surface area contributed by atoms with Crippen molar-refractivity contribution in [2.75, 3.05) is 13.1 Å². The largest absolute Gasteiger partial charge is 0.481 e. The van der Waals surface area contributed by atoms with Gasteiger partial charge in [0, 0.05) is 13.1 Å². The zero-order valence-electron chi connectivity index (χ0n) is 13.9. The van der Waals surface area contributed by atoms with Crippen molar-refractivity contribution in [2.45, 2.75) is 33.1 Å². The molecule has 1 aromatic rings. The van der Waals surface area contributed by atoms with E-state index in [2.05, 4.69) is 24.3 Å². The van der Waals surface area contributed by atoms with Crippen LogP contribution in [0.1, 0.15) is 32.3 Å². The van der Waals surface area contributed by atoms with Gasteiger partial charge >= 0.3 is 5.97 Å². The van der Waals surface area contributed by atoms with Crippen LogP contribution in [0.3, 0.4) is 0 Å². The Morgan fingerprint density at radius 2 is 1.74 bits per heavy atom. The molecule has 0 unspecified atom stereocenters. The van der Waals surface area contributed by atoms with E-state index in [0.717, 1.165) is 32.4 Å². The maximum atomic E-state index is 12.6. The molecule has 4 nitrogen and oxygen atoms in total. The minimum absolute atomic E-state index is 0.0422. The Labute approximate surface area is 137 Å². The number of hydrogen-bond acceptors (Lipinski definition) is 2. The molecule has 1 saturated heterocycles. The van der Waals surface area contributed by atoms with Gasteiger partial charge in [0.05, 0.1) is 11.8 Å². The third kappa shape index (κ3) is 3.12. The minimum atomic E-state index is -0.840. The van der Waals surface area contributed by atoms with Crippen molar-refractivity contribution in [3.8, 4) is 0 Å². The van der Waals surface area contributed by atoms with Gasteiger partial charge in [0.2, 0.25) is 5.91 Å². The highest BCUT2D eigenvalue weighted by Crippen LogP contribution is 2.59. The number of carboxylic acid groups (broad SMARTS) is 1. The molecule has 2 atom stereocenters. The van der Waals surface area contributed by atoms with Gasteiger partial charge in [-0.3, -0.25) is 9.59 Å². The summed E-state index contributed by atoms with van der Waals surface area (Å²) in [6.45, 7) is 5.29. The molecule has 1 aliphatic carbocycles. The molecule has 4 heteroatoms. The van der Waals surface area contributed by atoms with Gasteiger partial charge in [0.25, 0.3) is 0 Å². The SMILES string of the molecule is CC1(C)[C@@H](C(=O)O)[C@@H]1C(=O)N1CCC(Cc2ccccc2)CC1. The number of carbonyl (C=O) groups is 2. The monoisotopic (exact) mass is 315 g/mol. The Balaban J connectivity index is 1.53. The maximum absolute atomic E-state index is 12.6. The number of amides is 1. The number of rotatable bonds is 4. The van der Waals surface area contributed by atoms with Gasteiger partial charge in [0.1, 0.15) is 0 Å². The van der Waals surface area contributed by atoms with Crippen LogP contribution in [0, 0.1) is 23.2 Å². The third-order valence-corrected chi connectivity index (χ3v) is 5.65. The number of nitrogens with zero attached hydrogens (tertiary/aromatic N) is 1. The van der Waals surface area contributed by atoms with Crippen LogP contribution in [-0.2, 0) is 16.0 Å². The fraction of sp³-hybridized carbons (Fsp3) is 0.579. The first-order valence-corrected chi connectivity index (χ1v) is 8.46. The number of carbonyl (C=O) groups excluding carboxylic acids is 1. The number of carboxylic acids is 1. The van der Waals surface area contributed by atoms with Crippen LogP contribution in [-0.4, -0.2) is 35.0 Å². The van der Waals surface area contributed by atoms with Crippen molar-refractivity contribution >= 4 is 11.9 Å². The summed E-state index contributed by atoms with van der Waals surface area (Å²) in [7, 11) is 0. The highest BCUT2D eigenvalue weighted by atomic mass is 16.4. The standard InChI is InChI=1S/C19H25NO3/c1-19(2)15(16(19)18(22)23)17(21)20-10-8-14(9-11-20)12-13-6-4-3-5-7-13/h3-7,14-16H,8-12H2,1-2H3,(H,22,23)/t15-,16-/m1/s1. The fourth-order valence-corrected chi connectivity index (χ4v) is 4.06. The van der Waals surface area contributed by atoms with Gasteiger partial charge in [-0.15, -0.1) is 0 Å². The lowest BCUT2D eigenvalue weighted by molar-refractivity contribution is -0.142. The third-order valence-electron chi connectivity index (χ3n) is 5.65. The van der Waals surface area contributed by atoms with Crippen LogP contribution >= 0.6 is 0 Å². The molecule has 1 aromatic carbocycles. The maximum Gasteiger partial charge on any atom is 0.307 e. The fourth-order valence-electron chi connectivity index (χ4n) is 4.06. The molecule has 0 spiro atoms. The number of likely N-dealkylation sites (tertiary alicyclic amines) is 1. The van der Waals surface area contributed by atoms with Crippen molar-refractivity contribution in [1.82, 2.24) is 4.90 Å². The topological polar surface area (TPSA) is 57.6 Å². The predicted molar refractivity (Wildman–Crippen MR) is 87.8 cm³/mol. The van der Waals surface area contributed by atoms with Crippen molar-refractivity contribution < 1.29 is 14.7 Å². The Morgan fingerprint density at radius 3 is 2.26 bits per heavy atom. The smallest absolute Gasteiger partial charge is 0.307 e. The van der Waals surface area contributed by atoms with Crippen molar-refractivity contribution in [1.29, 1.82) is 0 Å². The Hall–Kier alpha value is -1.84. The van der Waals surface area contributed by atoms with Crippen molar-refractivity contribution in [3.63, 3.8) is 0 Å². The first kappa shape index (κ1) is 16.0. The van der Waals surface area contributed by atoms with E-state index >= 15 is 0 Å². The van der Waals surface area contributed by atoms with Crippen LogP contribution in [0.4, 0.5) is 0 Å². The molecule has 1 aliphatic heterocycles. The van der Waals surface area contributed by atoms with E-state index in [1.165, 1.54) is 5.56 Å². The Kier molecular flexibility index (Phi) is 4.17. The summed E-state index contributed by atoms with van der Waals surface area (Å²) in [5.41, 5.74) is 0.954. The highest BCUT2D eigenvalue weighted by molar-refractivity contribution is 5.91. The summed E-state index contributed by atoms with van der Waals surface area (Å²) < 4.78 is 0. The molecule has 1 heterocycles. The number of aliphatic carboxylic acids is 1. The molecule has 1 saturated carbocycles. The van der Waals surface area contributed by atoms with Crippen LogP contribution in [0.15, 0.2) is 30.3 Å². The second-order valence-electron chi connectivity index (χ2n) is 7.57. The van der Waals surface area contributed by atoms with E-state index < -0.39 is 17.3 Å². The Bertz CT molecular complexity index is 588. The molecule has 2 fully saturated rings. The average molecular weight is 315 g/mol. The first-order chi connectivity index (χ1) is 10.9. The lowest BCUT2D eigenvalue weighted by Gasteiger charge is -2.32. The molecule has 1 amide bonds. The minimum Gasteiger partial charge on any atom is -0.481 e. The van der Waals surface area contributed by atoms with Crippen LogP contribution in [0.2, 0.25) is 0 Å². The number of piperidine rings is 1. The van der Waals surface area contributed by atoms with Gasteiger partial charge < -0.3 is 10.0 Å². The van der Waals surface area contributed by atoms with Crippen LogP contribution in [0.25, 0.3) is 0 Å². The molecule has 0 aromatic heterocycles. The highest BCUT2D eigenvalue weighted by Gasteiger charge is 2.66. The van der Waals surface area contributed by atoms with Crippen LogP contribution in [0.5, 0.6) is 0 Å². The summed E-state index contributed by atoms with van der Waals surface area (Å²) in [5, 5.41) is 9.24. The van der Waals surface area contributed by atoms with Gasteiger partial charge in [-0.05, 0) is 36.2 Å². The average Bonchev–Trinajstić information content (AvgIpc) is 3.11. The van der Waals surface area contributed by atoms with E-state index in [0.29, 0.717) is 5.92 Å². The lowest BCUT2D eigenvalue weighted by Crippen LogP contribution is -2.40. The molecule has 1 N–H and O–H groups in total.